The van der Waals surface area contributed by atoms with Crippen molar-refractivity contribution in [3.63, 3.8) is 0 Å². The van der Waals surface area contributed by atoms with Crippen LogP contribution in [0.25, 0.3) is 0 Å². The maximum absolute atomic E-state index is 13.1. The molecule has 3 rings (SSSR count). The van der Waals surface area contributed by atoms with Crippen LogP contribution in [0.4, 0.5) is 14.9 Å². The van der Waals surface area contributed by atoms with Crippen molar-refractivity contribution in [3.8, 4) is 6.07 Å². The van der Waals surface area contributed by atoms with Crippen LogP contribution in [0.15, 0.2) is 48.5 Å². The fraction of sp³-hybridized carbons (Fsp3) is 0.417. The molecule has 2 aromatic rings. The van der Waals surface area contributed by atoms with E-state index in [0.717, 1.165) is 37.9 Å². The van der Waals surface area contributed by atoms with Crippen molar-refractivity contribution < 1.29 is 14.3 Å². The molecule has 3 N–H and O–H groups in total. The van der Waals surface area contributed by atoms with Crippen LogP contribution in [0.5, 0.6) is 0 Å². The van der Waals surface area contributed by atoms with E-state index in [1.54, 1.807) is 31.2 Å². The number of aliphatic hydroxyl groups is 1. The Morgan fingerprint density at radius 3 is 2.65 bits per heavy atom. The second-order valence-corrected chi connectivity index (χ2v) is 8.22. The predicted octanol–water partition coefficient (Wildman–Crippen LogP) is 3.52. The Labute approximate surface area is 182 Å². The Hall–Kier alpha value is -2.95. The molecule has 0 radical (unpaired) electrons. The molecule has 1 fully saturated rings. The number of anilines is 1. The summed E-state index contributed by atoms with van der Waals surface area (Å²) in [6.45, 7) is 4.05. The fourth-order valence-electron chi connectivity index (χ4n) is 3.89. The number of piperidine rings is 1. The number of urea groups is 1. The zero-order valence-corrected chi connectivity index (χ0v) is 17.7. The van der Waals surface area contributed by atoms with E-state index in [0.29, 0.717) is 23.7 Å². The first kappa shape index (κ1) is 22.7. The quantitative estimate of drug-likeness (QED) is 0.635. The third-order valence-corrected chi connectivity index (χ3v) is 5.78. The molecule has 6 nitrogen and oxygen atoms in total. The Morgan fingerprint density at radius 2 is 1.97 bits per heavy atom. The highest BCUT2D eigenvalue weighted by Gasteiger charge is 2.24. The molecule has 2 unspecified atom stereocenters. The molecule has 2 amide bonds. The number of halogens is 1. The molecule has 0 spiro atoms. The van der Waals surface area contributed by atoms with Gasteiger partial charge in [-0.15, -0.1) is 0 Å². The molecule has 2 aromatic carbocycles. The number of β-amino-alcohol motifs (C(OH)–C–C–N with tert-alkyl or cyclic N) is 1. The molecule has 1 aliphatic heterocycles. The minimum absolute atomic E-state index is 0.209. The summed E-state index contributed by atoms with van der Waals surface area (Å²) in [5.41, 5.74) is 2.15. The Balaban J connectivity index is 1.39. The van der Waals surface area contributed by atoms with E-state index >= 15 is 0 Å². The summed E-state index contributed by atoms with van der Waals surface area (Å²) in [6.07, 6.45) is 2.32. The SMILES string of the molecule is CC(NC(=O)Nc1cccc(C#N)c1)C(O)CN1CCC(Cc2ccc(F)cc2)CC1. The average molecular weight is 425 g/mol. The molecule has 1 saturated heterocycles. The van der Waals surface area contributed by atoms with Gasteiger partial charge in [0.1, 0.15) is 5.82 Å². The smallest absolute Gasteiger partial charge is 0.319 e. The lowest BCUT2D eigenvalue weighted by molar-refractivity contribution is 0.0701. The van der Waals surface area contributed by atoms with E-state index in [4.69, 9.17) is 5.26 Å². The van der Waals surface area contributed by atoms with E-state index < -0.39 is 18.2 Å². The number of likely N-dealkylation sites (tertiary alicyclic amines) is 1. The zero-order valence-electron chi connectivity index (χ0n) is 17.7. The average Bonchev–Trinajstić information content (AvgIpc) is 2.76. The van der Waals surface area contributed by atoms with Crippen LogP contribution in [0.1, 0.15) is 30.9 Å². The van der Waals surface area contributed by atoms with Crippen molar-refractivity contribution in [1.82, 2.24) is 10.2 Å². The van der Waals surface area contributed by atoms with Gasteiger partial charge in [-0.25, -0.2) is 9.18 Å². The van der Waals surface area contributed by atoms with Crippen LogP contribution < -0.4 is 10.6 Å². The van der Waals surface area contributed by atoms with Gasteiger partial charge in [0.15, 0.2) is 0 Å². The van der Waals surface area contributed by atoms with Gasteiger partial charge in [-0.2, -0.15) is 5.26 Å². The molecular formula is C24H29FN4O2. The molecule has 164 valence electrons. The summed E-state index contributed by atoms with van der Waals surface area (Å²) >= 11 is 0. The third kappa shape index (κ3) is 7.06. The maximum atomic E-state index is 13.1. The van der Waals surface area contributed by atoms with Crippen molar-refractivity contribution >= 4 is 11.7 Å². The molecule has 0 saturated carbocycles. The Bertz CT molecular complexity index is 905. The number of carbonyl (C=O) groups excluding carboxylic acids is 1. The molecule has 0 aromatic heterocycles. The van der Waals surface area contributed by atoms with Gasteiger partial charge in [0, 0.05) is 12.2 Å². The highest BCUT2D eigenvalue weighted by Crippen LogP contribution is 2.22. The lowest BCUT2D eigenvalue weighted by atomic mass is 9.90. The molecule has 0 bridgehead atoms. The number of hydrogen-bond acceptors (Lipinski definition) is 4. The van der Waals surface area contributed by atoms with Crippen LogP contribution in [0.3, 0.4) is 0 Å². The molecule has 1 heterocycles. The van der Waals surface area contributed by atoms with E-state index in [9.17, 15) is 14.3 Å². The third-order valence-electron chi connectivity index (χ3n) is 5.78. The lowest BCUT2D eigenvalue weighted by Crippen LogP contribution is -2.49. The van der Waals surface area contributed by atoms with Gasteiger partial charge in [0.05, 0.1) is 23.8 Å². The van der Waals surface area contributed by atoms with E-state index in [-0.39, 0.29) is 5.82 Å². The number of nitrogens with one attached hydrogen (secondary N) is 2. The van der Waals surface area contributed by atoms with Gasteiger partial charge in [0.25, 0.3) is 0 Å². The number of hydrogen-bond donors (Lipinski definition) is 3. The standard InChI is InChI=1S/C24H29FN4O2/c1-17(27-24(31)28-22-4-2-3-20(14-22)15-26)23(30)16-29-11-9-19(10-12-29)13-18-5-7-21(25)8-6-18/h2-8,14,17,19,23,30H,9-13,16H2,1H3,(H2,27,28,31). The monoisotopic (exact) mass is 424 g/mol. The van der Waals surface area contributed by atoms with Gasteiger partial charge >= 0.3 is 6.03 Å². The first-order chi connectivity index (χ1) is 14.9. The second-order valence-electron chi connectivity index (χ2n) is 8.22. The first-order valence-corrected chi connectivity index (χ1v) is 10.7. The van der Waals surface area contributed by atoms with Gasteiger partial charge in [-0.05, 0) is 81.1 Å². The van der Waals surface area contributed by atoms with Gasteiger partial charge < -0.3 is 20.6 Å². The normalized spacial score (nSPS) is 16.8. The van der Waals surface area contributed by atoms with E-state index in [1.165, 1.54) is 12.1 Å². The predicted molar refractivity (Wildman–Crippen MR) is 118 cm³/mol. The molecule has 1 aliphatic rings. The molecule has 7 heteroatoms. The lowest BCUT2D eigenvalue weighted by Gasteiger charge is -2.34. The highest BCUT2D eigenvalue weighted by atomic mass is 19.1. The van der Waals surface area contributed by atoms with Crippen molar-refractivity contribution in [2.24, 2.45) is 5.92 Å². The fourth-order valence-corrected chi connectivity index (χ4v) is 3.89. The van der Waals surface area contributed by atoms with Gasteiger partial charge in [-0.1, -0.05) is 18.2 Å². The molecule has 2 atom stereocenters. The number of rotatable bonds is 7. The number of amides is 2. The molecular weight excluding hydrogens is 395 g/mol. The van der Waals surface area contributed by atoms with E-state index in [2.05, 4.69) is 15.5 Å². The first-order valence-electron chi connectivity index (χ1n) is 10.7. The largest absolute Gasteiger partial charge is 0.390 e. The second kappa shape index (κ2) is 10.9. The Morgan fingerprint density at radius 1 is 1.26 bits per heavy atom. The van der Waals surface area contributed by atoms with Crippen LogP contribution in [-0.2, 0) is 6.42 Å². The molecule has 0 aliphatic carbocycles. The van der Waals surface area contributed by atoms with Gasteiger partial charge in [-0.3, -0.25) is 0 Å². The number of nitriles is 1. The summed E-state index contributed by atoms with van der Waals surface area (Å²) in [5, 5.41) is 24.9. The summed E-state index contributed by atoms with van der Waals surface area (Å²) in [5.74, 6) is 0.351. The van der Waals surface area contributed by atoms with Crippen molar-refractivity contribution in [3.05, 3.63) is 65.5 Å². The molecule has 31 heavy (non-hydrogen) atoms. The Kier molecular flexibility index (Phi) is 7.99. The highest BCUT2D eigenvalue weighted by molar-refractivity contribution is 5.89. The van der Waals surface area contributed by atoms with Crippen LogP contribution in [0.2, 0.25) is 0 Å². The topological polar surface area (TPSA) is 88.4 Å². The summed E-state index contributed by atoms with van der Waals surface area (Å²) < 4.78 is 13.1. The van der Waals surface area contributed by atoms with E-state index in [1.807, 2.05) is 18.2 Å². The summed E-state index contributed by atoms with van der Waals surface area (Å²) in [7, 11) is 0. The summed E-state index contributed by atoms with van der Waals surface area (Å²) in [4.78, 5) is 14.4. The summed E-state index contributed by atoms with van der Waals surface area (Å²) in [6, 6.07) is 14.6. The number of aliphatic hydroxyl groups excluding tert-OH is 1. The number of carbonyl (C=O) groups is 1. The van der Waals surface area contributed by atoms with Crippen LogP contribution >= 0.6 is 0 Å². The van der Waals surface area contributed by atoms with Gasteiger partial charge in [0.2, 0.25) is 0 Å². The maximum Gasteiger partial charge on any atom is 0.319 e. The number of nitrogens with zero attached hydrogens (tertiary/aromatic N) is 2. The van der Waals surface area contributed by atoms with Crippen LogP contribution in [0, 0.1) is 23.1 Å². The minimum atomic E-state index is -0.690. The van der Waals surface area contributed by atoms with Crippen molar-refractivity contribution in [2.45, 2.75) is 38.3 Å². The zero-order chi connectivity index (χ0) is 22.2. The van der Waals surface area contributed by atoms with Crippen LogP contribution in [-0.4, -0.2) is 47.8 Å². The van der Waals surface area contributed by atoms with Crippen molar-refractivity contribution in [2.75, 3.05) is 25.0 Å². The minimum Gasteiger partial charge on any atom is -0.390 e. The van der Waals surface area contributed by atoms with Crippen molar-refractivity contribution in [1.29, 1.82) is 5.26 Å². The number of benzene rings is 2.